The van der Waals surface area contributed by atoms with E-state index < -0.39 is 12.1 Å². The molecule has 0 fully saturated rings. The fourth-order valence-corrected chi connectivity index (χ4v) is 2.79. The largest absolute Gasteiger partial charge is 0.451 e. The van der Waals surface area contributed by atoms with E-state index in [0.717, 1.165) is 15.2 Å². The first kappa shape index (κ1) is 16.4. The SMILES string of the molecule is C[C@@H](OC(=O)c1cccc2ccccc12)C(=O)c1ccc(Br)cc1. The van der Waals surface area contributed by atoms with Crippen molar-refractivity contribution in [1.29, 1.82) is 0 Å². The number of hydrogen-bond donors (Lipinski definition) is 0. The predicted molar refractivity (Wildman–Crippen MR) is 97.3 cm³/mol. The summed E-state index contributed by atoms with van der Waals surface area (Å²) in [6.07, 6.45) is -0.849. The van der Waals surface area contributed by atoms with E-state index in [2.05, 4.69) is 15.9 Å². The molecule has 0 N–H and O–H groups in total. The third-order valence-corrected chi connectivity index (χ3v) is 4.32. The van der Waals surface area contributed by atoms with Crippen LogP contribution in [0.4, 0.5) is 0 Å². The normalized spacial score (nSPS) is 11.9. The van der Waals surface area contributed by atoms with Crippen LogP contribution in [0.25, 0.3) is 10.8 Å². The zero-order chi connectivity index (χ0) is 17.1. The van der Waals surface area contributed by atoms with Gasteiger partial charge in [0, 0.05) is 10.0 Å². The highest BCUT2D eigenvalue weighted by atomic mass is 79.9. The smallest absolute Gasteiger partial charge is 0.339 e. The standard InChI is InChI=1S/C20H15BrO3/c1-13(19(22)15-9-11-16(21)12-10-15)24-20(23)18-8-4-6-14-5-2-3-7-17(14)18/h2-13H,1H3/t13-/m1/s1. The number of carbonyl (C=O) groups excluding carboxylic acids is 2. The maximum absolute atomic E-state index is 12.5. The Kier molecular flexibility index (Phi) is 4.76. The molecule has 24 heavy (non-hydrogen) atoms. The van der Waals surface area contributed by atoms with Gasteiger partial charge in [-0.25, -0.2) is 4.79 Å². The van der Waals surface area contributed by atoms with Crippen molar-refractivity contribution in [2.24, 2.45) is 0 Å². The van der Waals surface area contributed by atoms with Crippen molar-refractivity contribution in [2.45, 2.75) is 13.0 Å². The van der Waals surface area contributed by atoms with E-state index in [4.69, 9.17) is 4.74 Å². The first-order valence-corrected chi connectivity index (χ1v) is 8.34. The van der Waals surface area contributed by atoms with Gasteiger partial charge in [0.15, 0.2) is 6.10 Å². The van der Waals surface area contributed by atoms with Crippen molar-refractivity contribution in [2.75, 3.05) is 0 Å². The molecule has 0 radical (unpaired) electrons. The van der Waals surface area contributed by atoms with Crippen LogP contribution in [0.5, 0.6) is 0 Å². The summed E-state index contributed by atoms with van der Waals surface area (Å²) in [7, 11) is 0. The van der Waals surface area contributed by atoms with E-state index in [1.807, 2.05) is 30.3 Å². The minimum atomic E-state index is -0.849. The summed E-state index contributed by atoms with van der Waals surface area (Å²) >= 11 is 3.33. The van der Waals surface area contributed by atoms with Crippen molar-refractivity contribution in [3.8, 4) is 0 Å². The second-order valence-corrected chi connectivity index (χ2v) is 6.36. The van der Waals surface area contributed by atoms with Gasteiger partial charge in [-0.05, 0) is 35.9 Å². The molecule has 0 amide bonds. The molecule has 4 heteroatoms. The Morgan fingerprint density at radius 2 is 1.58 bits per heavy atom. The van der Waals surface area contributed by atoms with Crippen LogP contribution >= 0.6 is 15.9 Å². The van der Waals surface area contributed by atoms with Crippen LogP contribution in [0.2, 0.25) is 0 Å². The molecule has 0 saturated carbocycles. The number of halogens is 1. The van der Waals surface area contributed by atoms with Crippen LogP contribution < -0.4 is 0 Å². The van der Waals surface area contributed by atoms with Gasteiger partial charge >= 0.3 is 5.97 Å². The lowest BCUT2D eigenvalue weighted by molar-refractivity contribution is 0.0321. The number of benzene rings is 3. The van der Waals surface area contributed by atoms with Gasteiger partial charge in [0.1, 0.15) is 0 Å². The lowest BCUT2D eigenvalue weighted by atomic mass is 10.0. The van der Waals surface area contributed by atoms with E-state index >= 15 is 0 Å². The molecule has 0 saturated heterocycles. The van der Waals surface area contributed by atoms with E-state index in [0.29, 0.717) is 11.1 Å². The zero-order valence-corrected chi connectivity index (χ0v) is 14.6. The molecular formula is C20H15BrO3. The molecule has 120 valence electrons. The molecule has 3 aromatic carbocycles. The van der Waals surface area contributed by atoms with E-state index in [-0.39, 0.29) is 5.78 Å². The molecule has 3 rings (SSSR count). The molecule has 0 aliphatic carbocycles. The molecule has 0 spiro atoms. The van der Waals surface area contributed by atoms with E-state index in [1.54, 1.807) is 43.3 Å². The van der Waals surface area contributed by atoms with Crippen LogP contribution in [-0.2, 0) is 4.74 Å². The average Bonchev–Trinajstić information content (AvgIpc) is 2.61. The Labute approximate surface area is 148 Å². The Balaban J connectivity index is 1.80. The van der Waals surface area contributed by atoms with E-state index in [1.165, 1.54) is 0 Å². The summed E-state index contributed by atoms with van der Waals surface area (Å²) in [4.78, 5) is 24.9. The minimum absolute atomic E-state index is 0.226. The molecule has 0 aliphatic rings. The van der Waals surface area contributed by atoms with Gasteiger partial charge in [0.25, 0.3) is 0 Å². The topological polar surface area (TPSA) is 43.4 Å². The van der Waals surface area contributed by atoms with Gasteiger partial charge in [0.05, 0.1) is 5.56 Å². The molecule has 0 aromatic heterocycles. The van der Waals surface area contributed by atoms with Crippen LogP contribution in [-0.4, -0.2) is 17.9 Å². The number of Topliss-reactive ketones (excluding diaryl/α,β-unsaturated/α-hetero) is 1. The number of fused-ring (bicyclic) bond motifs is 1. The fourth-order valence-electron chi connectivity index (χ4n) is 2.53. The summed E-state index contributed by atoms with van der Waals surface area (Å²) in [5.41, 5.74) is 0.972. The van der Waals surface area contributed by atoms with Crippen molar-refractivity contribution in [3.05, 3.63) is 82.3 Å². The van der Waals surface area contributed by atoms with Gasteiger partial charge in [-0.3, -0.25) is 4.79 Å². The summed E-state index contributed by atoms with van der Waals surface area (Å²) in [5, 5.41) is 1.77. The van der Waals surface area contributed by atoms with Gasteiger partial charge in [0.2, 0.25) is 5.78 Å². The monoisotopic (exact) mass is 382 g/mol. The first-order chi connectivity index (χ1) is 11.6. The van der Waals surface area contributed by atoms with Gasteiger partial charge in [-0.2, -0.15) is 0 Å². The molecular weight excluding hydrogens is 368 g/mol. The molecule has 3 nitrogen and oxygen atoms in total. The van der Waals surface area contributed by atoms with Crippen LogP contribution in [0.1, 0.15) is 27.6 Å². The van der Waals surface area contributed by atoms with E-state index in [9.17, 15) is 9.59 Å². The van der Waals surface area contributed by atoms with Crippen LogP contribution in [0, 0.1) is 0 Å². The second-order valence-electron chi connectivity index (χ2n) is 5.45. The fraction of sp³-hybridized carbons (Fsp3) is 0.100. The quantitative estimate of drug-likeness (QED) is 0.469. The van der Waals surface area contributed by atoms with Gasteiger partial charge in [-0.1, -0.05) is 64.5 Å². The first-order valence-electron chi connectivity index (χ1n) is 7.55. The average molecular weight is 383 g/mol. The Hall–Kier alpha value is -2.46. The highest BCUT2D eigenvalue weighted by Gasteiger charge is 2.21. The Morgan fingerprint density at radius 3 is 2.33 bits per heavy atom. The number of hydrogen-bond acceptors (Lipinski definition) is 3. The summed E-state index contributed by atoms with van der Waals surface area (Å²) in [6.45, 7) is 1.59. The highest BCUT2D eigenvalue weighted by molar-refractivity contribution is 9.10. The van der Waals surface area contributed by atoms with Crippen molar-refractivity contribution in [3.63, 3.8) is 0 Å². The number of rotatable bonds is 4. The number of ketones is 1. The molecule has 1 atom stereocenters. The number of ether oxygens (including phenoxy) is 1. The van der Waals surface area contributed by atoms with Crippen molar-refractivity contribution in [1.82, 2.24) is 0 Å². The minimum Gasteiger partial charge on any atom is -0.451 e. The highest BCUT2D eigenvalue weighted by Crippen LogP contribution is 2.20. The predicted octanol–water partition coefficient (Wildman–Crippen LogP) is 5.03. The van der Waals surface area contributed by atoms with Gasteiger partial charge < -0.3 is 4.74 Å². The maximum atomic E-state index is 12.5. The third kappa shape index (κ3) is 3.39. The molecule has 0 bridgehead atoms. The van der Waals surface area contributed by atoms with Crippen LogP contribution in [0.15, 0.2) is 71.2 Å². The summed E-state index contributed by atoms with van der Waals surface area (Å²) in [5.74, 6) is -0.721. The summed E-state index contributed by atoms with van der Waals surface area (Å²) in [6, 6.07) is 20.0. The van der Waals surface area contributed by atoms with Gasteiger partial charge in [-0.15, -0.1) is 0 Å². The van der Waals surface area contributed by atoms with Crippen molar-refractivity contribution >= 4 is 38.5 Å². The Bertz CT molecular complexity index is 895. The Morgan fingerprint density at radius 1 is 0.917 bits per heavy atom. The number of esters is 1. The molecule has 0 aliphatic heterocycles. The summed E-state index contributed by atoms with van der Waals surface area (Å²) < 4.78 is 6.28. The molecule has 0 heterocycles. The molecule has 0 unspecified atom stereocenters. The van der Waals surface area contributed by atoms with Crippen LogP contribution in [0.3, 0.4) is 0 Å². The third-order valence-electron chi connectivity index (χ3n) is 3.79. The van der Waals surface area contributed by atoms with Crippen molar-refractivity contribution < 1.29 is 14.3 Å². The lowest BCUT2D eigenvalue weighted by Gasteiger charge is -2.13. The molecule has 3 aromatic rings. The zero-order valence-electron chi connectivity index (χ0n) is 13.0. The second kappa shape index (κ2) is 6.97. The number of carbonyl (C=O) groups is 2. The maximum Gasteiger partial charge on any atom is 0.339 e. The lowest BCUT2D eigenvalue weighted by Crippen LogP contribution is -2.24.